The molecule has 16 heteroatoms. The van der Waals surface area contributed by atoms with Crippen LogP contribution in [0.15, 0.2) is 0 Å². The SMILES string of the molecule is CB(Cc1c(F)c(F)c(F)c(F)c1F)c1c(F)c(F)c(F)c(F)c1F.O=P(O)(O)O. The molecule has 0 bridgehead atoms. The Kier molecular flexibility index (Phi) is 8.11. The lowest BCUT2D eigenvalue weighted by atomic mass is 9.43. The molecule has 2 rings (SSSR count). The minimum Gasteiger partial charge on any atom is -0.303 e. The Hall–Kier alpha value is -2.09. The van der Waals surface area contributed by atoms with Crippen LogP contribution in [0.3, 0.4) is 0 Å². The van der Waals surface area contributed by atoms with E-state index >= 15 is 0 Å². The van der Waals surface area contributed by atoms with E-state index in [9.17, 15) is 43.9 Å². The van der Waals surface area contributed by atoms with Crippen molar-refractivity contribution in [1.82, 2.24) is 0 Å². The highest BCUT2D eigenvalue weighted by atomic mass is 31.2. The van der Waals surface area contributed by atoms with E-state index in [2.05, 4.69) is 0 Å². The fourth-order valence-corrected chi connectivity index (χ4v) is 2.29. The highest BCUT2D eigenvalue weighted by Gasteiger charge is 2.33. The zero-order chi connectivity index (χ0) is 23.7. The van der Waals surface area contributed by atoms with Crippen molar-refractivity contribution in [3.8, 4) is 0 Å². The maximum absolute atomic E-state index is 13.7. The lowest BCUT2D eigenvalue weighted by molar-refractivity contribution is 0.275. The molecule has 2 aromatic rings. The molecule has 0 saturated carbocycles. The summed E-state index contributed by atoms with van der Waals surface area (Å²) in [5.74, 6) is -23.1. The summed E-state index contributed by atoms with van der Waals surface area (Å²) in [5.41, 5.74) is -2.87. The lowest BCUT2D eigenvalue weighted by Gasteiger charge is -2.14. The second-order valence-corrected chi connectivity index (χ2v) is 6.68. The largest absolute Gasteiger partial charge is 0.466 e. The van der Waals surface area contributed by atoms with Gasteiger partial charge in [-0.1, -0.05) is 6.82 Å². The van der Waals surface area contributed by atoms with Gasteiger partial charge in [0.1, 0.15) is 0 Å². The van der Waals surface area contributed by atoms with Crippen molar-refractivity contribution in [1.29, 1.82) is 0 Å². The predicted molar refractivity (Wildman–Crippen MR) is 81.7 cm³/mol. The van der Waals surface area contributed by atoms with E-state index in [1.807, 2.05) is 0 Å². The molecule has 0 spiro atoms. The van der Waals surface area contributed by atoms with Crippen LogP contribution >= 0.6 is 7.82 Å². The third kappa shape index (κ3) is 5.53. The van der Waals surface area contributed by atoms with Crippen molar-refractivity contribution in [3.05, 3.63) is 63.7 Å². The van der Waals surface area contributed by atoms with E-state index in [0.29, 0.717) is 0 Å². The van der Waals surface area contributed by atoms with Crippen LogP contribution in [0, 0.1) is 58.2 Å². The molecule has 2 aromatic carbocycles. The summed E-state index contributed by atoms with van der Waals surface area (Å²) < 4.78 is 142. The average Bonchev–Trinajstić information content (AvgIpc) is 2.64. The lowest BCUT2D eigenvalue weighted by Crippen LogP contribution is -2.38. The third-order valence-electron chi connectivity index (χ3n) is 3.55. The number of rotatable bonds is 3. The Labute approximate surface area is 161 Å². The van der Waals surface area contributed by atoms with Crippen molar-refractivity contribution in [2.75, 3.05) is 0 Å². The third-order valence-corrected chi connectivity index (χ3v) is 3.55. The van der Waals surface area contributed by atoms with E-state index < -0.39 is 90.1 Å². The van der Waals surface area contributed by atoms with Crippen LogP contribution in [-0.2, 0) is 10.9 Å². The fourth-order valence-electron chi connectivity index (χ4n) is 2.29. The topological polar surface area (TPSA) is 77.8 Å². The Morgan fingerprint density at radius 2 is 0.833 bits per heavy atom. The summed E-state index contributed by atoms with van der Waals surface area (Å²) in [4.78, 5) is 21.6. The zero-order valence-electron chi connectivity index (χ0n) is 14.3. The minimum atomic E-state index is -4.64. The van der Waals surface area contributed by atoms with Gasteiger partial charge >= 0.3 is 7.82 Å². The Morgan fingerprint density at radius 1 is 0.600 bits per heavy atom. The first-order chi connectivity index (χ1) is 13.5. The second kappa shape index (κ2) is 9.37. The molecule has 0 unspecified atom stereocenters. The van der Waals surface area contributed by atoms with E-state index in [1.54, 1.807) is 0 Å². The van der Waals surface area contributed by atoms with Crippen LogP contribution in [0.4, 0.5) is 43.9 Å². The van der Waals surface area contributed by atoms with Gasteiger partial charge in [0.15, 0.2) is 59.1 Å². The first-order valence-corrected chi connectivity index (χ1v) is 8.87. The van der Waals surface area contributed by atoms with Crippen molar-refractivity contribution in [2.45, 2.75) is 13.1 Å². The van der Waals surface area contributed by atoms with Crippen LogP contribution in [0.25, 0.3) is 0 Å². The Morgan fingerprint density at radius 3 is 1.13 bits per heavy atom. The van der Waals surface area contributed by atoms with Crippen LogP contribution < -0.4 is 5.46 Å². The van der Waals surface area contributed by atoms with Crippen molar-refractivity contribution in [2.24, 2.45) is 0 Å². The molecule has 0 fully saturated rings. The molecule has 0 radical (unpaired) electrons. The summed E-state index contributed by atoms with van der Waals surface area (Å²) >= 11 is 0. The van der Waals surface area contributed by atoms with Gasteiger partial charge in [-0.15, -0.1) is 0 Å². The highest BCUT2D eigenvalue weighted by molar-refractivity contribution is 7.45. The number of benzene rings is 2. The van der Waals surface area contributed by atoms with Gasteiger partial charge < -0.3 is 14.7 Å². The summed E-state index contributed by atoms with van der Waals surface area (Å²) in [5, 5.41) is 0. The second-order valence-electron chi connectivity index (χ2n) is 5.65. The summed E-state index contributed by atoms with van der Waals surface area (Å²) in [6, 6.07) is 0. The van der Waals surface area contributed by atoms with Crippen molar-refractivity contribution < 1.29 is 63.1 Å². The number of phosphoric acid groups is 1. The van der Waals surface area contributed by atoms with Gasteiger partial charge in [-0.05, 0) is 11.8 Å². The molecule has 166 valence electrons. The van der Waals surface area contributed by atoms with Gasteiger partial charge in [-0.25, -0.2) is 48.5 Å². The first-order valence-electron chi connectivity index (χ1n) is 7.30. The molecule has 0 aliphatic rings. The molecule has 0 amide bonds. The molecular weight excluding hydrogens is 464 g/mol. The average molecular weight is 472 g/mol. The van der Waals surface area contributed by atoms with E-state index in [1.165, 1.54) is 0 Å². The fraction of sp³-hybridized carbons (Fsp3) is 0.143. The minimum absolute atomic E-state index is 0.802. The molecule has 0 saturated heterocycles. The Bertz CT molecular complexity index is 962. The van der Waals surface area contributed by atoms with Crippen LogP contribution in [-0.4, -0.2) is 21.4 Å². The summed E-state index contributed by atoms with van der Waals surface area (Å²) in [7, 11) is -4.64. The van der Waals surface area contributed by atoms with Gasteiger partial charge in [-0.3, -0.25) is 0 Å². The molecular formula is C14H8BF10O4P. The summed E-state index contributed by atoms with van der Waals surface area (Å²) in [6.45, 7) is -0.992. The number of hydrogen-bond acceptors (Lipinski definition) is 1. The Balaban J connectivity index is 0.000000804. The molecule has 4 nitrogen and oxygen atoms in total. The summed E-state index contributed by atoms with van der Waals surface area (Å²) in [6.07, 6.45) is -1.20. The van der Waals surface area contributed by atoms with E-state index in [4.69, 9.17) is 19.2 Å². The van der Waals surface area contributed by atoms with E-state index in [0.717, 1.165) is 6.82 Å². The molecule has 3 N–H and O–H groups in total. The standard InChI is InChI=1S/C14H5BF10.H3O4P/c1-15(4-7(18)11(22)14(25)12(23)8(4)19)2-3-5(16)9(20)13(24)10(21)6(3)17;1-5(2,3)4/h2H2,1H3;(H3,1,2,3,4). The van der Waals surface area contributed by atoms with E-state index in [-0.39, 0.29) is 0 Å². The van der Waals surface area contributed by atoms with Crippen molar-refractivity contribution >= 4 is 20.0 Å². The monoisotopic (exact) mass is 472 g/mol. The van der Waals surface area contributed by atoms with Gasteiger partial charge in [-0.2, -0.15) is 0 Å². The quantitative estimate of drug-likeness (QED) is 0.211. The number of halogens is 10. The van der Waals surface area contributed by atoms with Crippen LogP contribution in [0.1, 0.15) is 5.56 Å². The van der Waals surface area contributed by atoms with Gasteiger partial charge in [0.2, 0.25) is 5.82 Å². The molecule has 30 heavy (non-hydrogen) atoms. The normalized spacial score (nSPS) is 11.3. The predicted octanol–water partition coefficient (Wildman–Crippen LogP) is 3.26. The van der Waals surface area contributed by atoms with Gasteiger partial charge in [0.25, 0.3) is 0 Å². The van der Waals surface area contributed by atoms with Crippen LogP contribution in [0.2, 0.25) is 6.82 Å². The maximum atomic E-state index is 13.7. The molecule has 0 atom stereocenters. The first kappa shape index (κ1) is 26.0. The van der Waals surface area contributed by atoms with Crippen molar-refractivity contribution in [3.63, 3.8) is 0 Å². The van der Waals surface area contributed by atoms with Crippen LogP contribution in [0.5, 0.6) is 0 Å². The zero-order valence-corrected chi connectivity index (χ0v) is 15.2. The molecule has 0 aliphatic carbocycles. The maximum Gasteiger partial charge on any atom is 0.466 e. The molecule has 0 heterocycles. The highest BCUT2D eigenvalue weighted by Crippen LogP contribution is 2.26. The smallest absolute Gasteiger partial charge is 0.303 e. The van der Waals surface area contributed by atoms with Gasteiger partial charge in [0, 0.05) is 5.56 Å². The molecule has 0 aromatic heterocycles. The van der Waals surface area contributed by atoms with Gasteiger partial charge in [0.05, 0.1) is 0 Å². The number of hydrogen-bond donors (Lipinski definition) is 3. The molecule has 0 aliphatic heterocycles.